The molecular weight excluding hydrogens is 229 g/mol. The van der Waals surface area contributed by atoms with Gasteiger partial charge in [0.25, 0.3) is 0 Å². The standard InChI is InChI=1S/C8H9NO4S.Na/c10-2-4-3-14-6-1-5(11)9(6)7(4)8(12)13;/h6,10H,1-3H2,(H,12,13);/q;+1/p-1/t6-;/m1./s1. The van der Waals surface area contributed by atoms with Crippen LogP contribution in [0.25, 0.3) is 0 Å². The molecule has 15 heavy (non-hydrogen) atoms. The van der Waals surface area contributed by atoms with Crippen molar-refractivity contribution in [1.82, 2.24) is 4.90 Å². The molecule has 0 saturated carbocycles. The van der Waals surface area contributed by atoms with E-state index in [9.17, 15) is 14.7 Å². The summed E-state index contributed by atoms with van der Waals surface area (Å²) >= 11 is 1.47. The fraction of sp³-hybridized carbons (Fsp3) is 0.500. The van der Waals surface area contributed by atoms with Crippen LogP contribution >= 0.6 is 11.8 Å². The summed E-state index contributed by atoms with van der Waals surface area (Å²) in [7, 11) is 0. The number of amides is 1. The van der Waals surface area contributed by atoms with Gasteiger partial charge in [0.1, 0.15) is 0 Å². The third-order valence-electron chi connectivity index (χ3n) is 2.32. The van der Waals surface area contributed by atoms with Crippen molar-refractivity contribution in [2.75, 3.05) is 12.4 Å². The minimum absolute atomic E-state index is 0. The molecule has 76 valence electrons. The van der Waals surface area contributed by atoms with Crippen molar-refractivity contribution in [3.63, 3.8) is 0 Å². The number of thioether (sulfide) groups is 1. The van der Waals surface area contributed by atoms with E-state index in [1.165, 1.54) is 16.7 Å². The predicted octanol–water partition coefficient (Wildman–Crippen LogP) is -4.71. The molecule has 2 heterocycles. The van der Waals surface area contributed by atoms with Crippen LogP contribution in [0.2, 0.25) is 0 Å². The number of aliphatic hydroxyl groups is 1. The molecule has 2 rings (SSSR count). The van der Waals surface area contributed by atoms with E-state index in [1.54, 1.807) is 0 Å². The van der Waals surface area contributed by atoms with Crippen LogP contribution in [0.4, 0.5) is 0 Å². The van der Waals surface area contributed by atoms with Crippen molar-refractivity contribution in [2.45, 2.75) is 11.8 Å². The summed E-state index contributed by atoms with van der Waals surface area (Å²) < 4.78 is 0. The van der Waals surface area contributed by atoms with Gasteiger partial charge in [0, 0.05) is 5.75 Å². The molecule has 1 N–H and O–H groups in total. The van der Waals surface area contributed by atoms with Crippen molar-refractivity contribution < 1.29 is 49.4 Å². The van der Waals surface area contributed by atoms with Crippen molar-refractivity contribution in [3.8, 4) is 0 Å². The summed E-state index contributed by atoms with van der Waals surface area (Å²) in [5, 5.41) is 19.6. The minimum atomic E-state index is -1.38. The van der Waals surface area contributed by atoms with Gasteiger partial charge >= 0.3 is 29.6 Å². The molecule has 2 aliphatic heterocycles. The molecule has 2 aliphatic rings. The number of aliphatic carboxylic acids is 1. The first-order valence-corrected chi connectivity index (χ1v) is 5.18. The Labute approximate surface area is 113 Å². The number of aliphatic hydroxyl groups excluding tert-OH is 1. The Bertz CT molecular complexity index is 344. The van der Waals surface area contributed by atoms with E-state index in [0.29, 0.717) is 17.7 Å². The van der Waals surface area contributed by atoms with E-state index in [2.05, 4.69) is 0 Å². The van der Waals surface area contributed by atoms with E-state index in [-0.39, 0.29) is 53.1 Å². The number of carbonyl (C=O) groups excluding carboxylic acids is 2. The fourth-order valence-corrected chi connectivity index (χ4v) is 2.84. The third kappa shape index (κ3) is 2.09. The van der Waals surface area contributed by atoms with Crippen LogP contribution in [-0.2, 0) is 9.59 Å². The van der Waals surface area contributed by atoms with Gasteiger partial charge in [0.05, 0.1) is 30.1 Å². The van der Waals surface area contributed by atoms with Gasteiger partial charge in [-0.15, -0.1) is 11.8 Å². The molecule has 0 bridgehead atoms. The summed E-state index contributed by atoms with van der Waals surface area (Å²) in [6.07, 6.45) is 0.375. The van der Waals surface area contributed by atoms with Gasteiger partial charge in [-0.1, -0.05) is 0 Å². The molecule has 0 aromatic heterocycles. The number of β-lactam (4-membered cyclic amide) rings is 1. The number of fused-ring (bicyclic) bond motifs is 1. The molecule has 7 heteroatoms. The van der Waals surface area contributed by atoms with E-state index >= 15 is 0 Å². The van der Waals surface area contributed by atoms with Crippen molar-refractivity contribution in [2.24, 2.45) is 0 Å². The van der Waals surface area contributed by atoms with E-state index in [0.717, 1.165) is 0 Å². The Morgan fingerprint density at radius 3 is 2.80 bits per heavy atom. The number of carbonyl (C=O) groups is 2. The molecule has 1 amide bonds. The molecule has 5 nitrogen and oxygen atoms in total. The number of hydrogen-bond donors (Lipinski definition) is 1. The zero-order chi connectivity index (χ0) is 10.3. The second-order valence-electron chi connectivity index (χ2n) is 3.13. The molecule has 0 aromatic rings. The third-order valence-corrected chi connectivity index (χ3v) is 3.59. The van der Waals surface area contributed by atoms with Crippen LogP contribution in [0.15, 0.2) is 11.3 Å². The number of carboxylic acid groups (broad SMARTS) is 1. The van der Waals surface area contributed by atoms with Crippen molar-refractivity contribution in [1.29, 1.82) is 0 Å². The summed E-state index contributed by atoms with van der Waals surface area (Å²) in [5.74, 6) is -1.14. The molecule has 1 saturated heterocycles. The smallest absolute Gasteiger partial charge is 0.543 e. The van der Waals surface area contributed by atoms with Crippen LogP contribution in [0.1, 0.15) is 6.42 Å². The van der Waals surface area contributed by atoms with E-state index in [4.69, 9.17) is 5.11 Å². The molecule has 1 fully saturated rings. The molecule has 0 aromatic carbocycles. The maximum absolute atomic E-state index is 11.1. The van der Waals surface area contributed by atoms with Crippen molar-refractivity contribution in [3.05, 3.63) is 11.3 Å². The van der Waals surface area contributed by atoms with Gasteiger partial charge in [0.15, 0.2) is 0 Å². The average Bonchev–Trinajstić information content (AvgIpc) is 2.15. The van der Waals surface area contributed by atoms with Gasteiger partial charge in [-0.3, -0.25) is 9.69 Å². The first kappa shape index (κ1) is 13.1. The van der Waals surface area contributed by atoms with Gasteiger partial charge in [-0.05, 0) is 5.57 Å². The van der Waals surface area contributed by atoms with Crippen LogP contribution in [0, 0.1) is 0 Å². The fourth-order valence-electron chi connectivity index (χ4n) is 1.59. The van der Waals surface area contributed by atoms with Crippen LogP contribution in [0.3, 0.4) is 0 Å². The van der Waals surface area contributed by atoms with Crippen molar-refractivity contribution >= 4 is 23.6 Å². The minimum Gasteiger partial charge on any atom is -0.543 e. The van der Waals surface area contributed by atoms with Crippen LogP contribution in [-0.4, -0.2) is 39.6 Å². The largest absolute Gasteiger partial charge is 1.00 e. The second kappa shape index (κ2) is 4.88. The topological polar surface area (TPSA) is 80.7 Å². The molecule has 0 radical (unpaired) electrons. The molecule has 1 atom stereocenters. The second-order valence-corrected chi connectivity index (χ2v) is 4.30. The molecule has 0 aliphatic carbocycles. The predicted molar refractivity (Wildman–Crippen MR) is 46.8 cm³/mol. The zero-order valence-corrected chi connectivity index (χ0v) is 11.0. The number of hydrogen-bond acceptors (Lipinski definition) is 5. The van der Waals surface area contributed by atoms with Gasteiger partial charge in [0.2, 0.25) is 5.91 Å². The summed E-state index contributed by atoms with van der Waals surface area (Å²) in [5.41, 5.74) is 0.229. The number of carboxylic acids is 1. The zero-order valence-electron chi connectivity index (χ0n) is 8.23. The normalized spacial score (nSPS) is 24.2. The molecule has 0 spiro atoms. The van der Waals surface area contributed by atoms with Gasteiger partial charge < -0.3 is 15.0 Å². The first-order chi connectivity index (χ1) is 6.65. The monoisotopic (exact) mass is 237 g/mol. The Morgan fingerprint density at radius 1 is 1.67 bits per heavy atom. The summed E-state index contributed by atoms with van der Waals surface area (Å²) in [6, 6.07) is 0. The van der Waals surface area contributed by atoms with Crippen LogP contribution in [0.5, 0.6) is 0 Å². The number of rotatable bonds is 2. The Balaban J connectivity index is 0.00000112. The Kier molecular flexibility index (Phi) is 4.25. The average molecular weight is 237 g/mol. The van der Waals surface area contributed by atoms with Gasteiger partial charge in [-0.2, -0.15) is 0 Å². The Hall–Kier alpha value is -0.0100. The quantitative estimate of drug-likeness (QED) is 0.385. The maximum Gasteiger partial charge on any atom is 1.00 e. The van der Waals surface area contributed by atoms with E-state index < -0.39 is 5.97 Å². The molecule has 0 unspecified atom stereocenters. The molecular formula is C8H8NNaO4S. The van der Waals surface area contributed by atoms with Crippen LogP contribution < -0.4 is 34.7 Å². The summed E-state index contributed by atoms with van der Waals surface area (Å²) in [4.78, 5) is 23.1. The Morgan fingerprint density at radius 2 is 2.33 bits per heavy atom. The summed E-state index contributed by atoms with van der Waals surface area (Å²) in [6.45, 7) is -0.340. The first-order valence-electron chi connectivity index (χ1n) is 4.13. The SMILES string of the molecule is O=C([O-])C1=C(CO)CS[C@@H]2CC(=O)N12.[Na+]. The maximum atomic E-state index is 11.1. The van der Waals surface area contributed by atoms with E-state index in [1.807, 2.05) is 0 Å². The van der Waals surface area contributed by atoms with Gasteiger partial charge in [-0.25, -0.2) is 0 Å². The number of nitrogens with zero attached hydrogens (tertiary/aromatic N) is 1.